The summed E-state index contributed by atoms with van der Waals surface area (Å²) < 4.78 is 11.4. The van der Waals surface area contributed by atoms with Crippen LogP contribution in [0.5, 0.6) is 0 Å². The number of aromatic nitrogens is 1. The standard InChI is InChI=1S/C15H17NO4/c1-2-19-9-10-20-14(17)11-16-8-7-12-5-3-4-6-13(12)15(16)18/h3-8H,2,9-11H2,1H3. The fourth-order valence-electron chi connectivity index (χ4n) is 1.90. The summed E-state index contributed by atoms with van der Waals surface area (Å²) >= 11 is 0. The van der Waals surface area contributed by atoms with E-state index >= 15 is 0 Å². The maximum Gasteiger partial charge on any atom is 0.326 e. The van der Waals surface area contributed by atoms with Crippen molar-refractivity contribution >= 4 is 16.7 Å². The van der Waals surface area contributed by atoms with Crippen LogP contribution in [-0.2, 0) is 20.8 Å². The molecule has 0 spiro atoms. The van der Waals surface area contributed by atoms with Crippen molar-refractivity contribution in [3.8, 4) is 0 Å². The van der Waals surface area contributed by atoms with E-state index in [4.69, 9.17) is 9.47 Å². The lowest BCUT2D eigenvalue weighted by molar-refractivity contribution is -0.145. The largest absolute Gasteiger partial charge is 0.462 e. The minimum absolute atomic E-state index is 0.0875. The highest BCUT2D eigenvalue weighted by atomic mass is 16.6. The zero-order valence-corrected chi connectivity index (χ0v) is 11.4. The highest BCUT2D eigenvalue weighted by Crippen LogP contribution is 2.07. The molecule has 0 aliphatic carbocycles. The van der Waals surface area contributed by atoms with Gasteiger partial charge < -0.3 is 14.0 Å². The number of nitrogens with zero attached hydrogens (tertiary/aromatic N) is 1. The molecule has 0 saturated heterocycles. The third-order valence-electron chi connectivity index (χ3n) is 2.88. The number of hydrogen-bond acceptors (Lipinski definition) is 4. The molecule has 20 heavy (non-hydrogen) atoms. The van der Waals surface area contributed by atoms with Crippen molar-refractivity contribution in [2.45, 2.75) is 13.5 Å². The monoisotopic (exact) mass is 275 g/mol. The SMILES string of the molecule is CCOCCOC(=O)Cn1ccc2ccccc2c1=O. The first kappa shape index (κ1) is 14.3. The maximum atomic E-state index is 12.2. The molecule has 0 fully saturated rings. The van der Waals surface area contributed by atoms with E-state index in [1.807, 2.05) is 25.1 Å². The highest BCUT2D eigenvalue weighted by Gasteiger charge is 2.07. The smallest absolute Gasteiger partial charge is 0.326 e. The lowest BCUT2D eigenvalue weighted by Gasteiger charge is -2.08. The van der Waals surface area contributed by atoms with Crippen LogP contribution < -0.4 is 5.56 Å². The Kier molecular flexibility index (Phi) is 4.90. The summed E-state index contributed by atoms with van der Waals surface area (Å²) in [5.41, 5.74) is -0.190. The molecule has 2 rings (SSSR count). The molecule has 1 aromatic carbocycles. The number of fused-ring (bicyclic) bond motifs is 1. The van der Waals surface area contributed by atoms with Crippen molar-refractivity contribution in [2.24, 2.45) is 0 Å². The first-order valence-electron chi connectivity index (χ1n) is 6.54. The van der Waals surface area contributed by atoms with Gasteiger partial charge in [0.1, 0.15) is 13.2 Å². The van der Waals surface area contributed by atoms with Crippen LogP contribution in [0.3, 0.4) is 0 Å². The molecule has 106 valence electrons. The molecule has 5 nitrogen and oxygen atoms in total. The second kappa shape index (κ2) is 6.86. The van der Waals surface area contributed by atoms with Gasteiger partial charge in [0.15, 0.2) is 0 Å². The van der Waals surface area contributed by atoms with Crippen molar-refractivity contribution in [1.82, 2.24) is 4.57 Å². The maximum absolute atomic E-state index is 12.2. The van der Waals surface area contributed by atoms with Gasteiger partial charge in [-0.05, 0) is 24.4 Å². The van der Waals surface area contributed by atoms with E-state index in [-0.39, 0.29) is 18.7 Å². The van der Waals surface area contributed by atoms with Gasteiger partial charge in [-0.3, -0.25) is 9.59 Å². The summed E-state index contributed by atoms with van der Waals surface area (Å²) in [5.74, 6) is -0.443. The van der Waals surface area contributed by atoms with E-state index in [0.29, 0.717) is 18.6 Å². The van der Waals surface area contributed by atoms with Crippen LogP contribution in [0, 0.1) is 0 Å². The Morgan fingerprint density at radius 3 is 2.80 bits per heavy atom. The van der Waals surface area contributed by atoms with Gasteiger partial charge in [0.25, 0.3) is 5.56 Å². The van der Waals surface area contributed by atoms with Gasteiger partial charge in [0.05, 0.1) is 6.61 Å². The van der Waals surface area contributed by atoms with Gasteiger partial charge in [0.2, 0.25) is 0 Å². The molecule has 0 bridgehead atoms. The summed E-state index contributed by atoms with van der Waals surface area (Å²) in [4.78, 5) is 23.8. The third-order valence-corrected chi connectivity index (χ3v) is 2.88. The number of carbonyl (C=O) groups excluding carboxylic acids is 1. The Balaban J connectivity index is 2.04. The lowest BCUT2D eigenvalue weighted by Crippen LogP contribution is -2.25. The van der Waals surface area contributed by atoms with Crippen LogP contribution in [0.15, 0.2) is 41.3 Å². The molecule has 0 aliphatic heterocycles. The summed E-state index contributed by atoms with van der Waals surface area (Å²) in [5, 5.41) is 1.45. The summed E-state index contributed by atoms with van der Waals surface area (Å²) in [7, 11) is 0. The number of hydrogen-bond donors (Lipinski definition) is 0. The van der Waals surface area contributed by atoms with Gasteiger partial charge in [-0.1, -0.05) is 18.2 Å². The molecule has 2 aromatic rings. The molecule has 1 aromatic heterocycles. The van der Waals surface area contributed by atoms with Gasteiger partial charge in [-0.2, -0.15) is 0 Å². The van der Waals surface area contributed by atoms with E-state index in [1.54, 1.807) is 18.3 Å². The molecule has 0 N–H and O–H groups in total. The molecule has 0 unspecified atom stereocenters. The first-order valence-corrected chi connectivity index (χ1v) is 6.54. The minimum Gasteiger partial charge on any atom is -0.462 e. The van der Waals surface area contributed by atoms with Crippen LogP contribution >= 0.6 is 0 Å². The summed E-state index contributed by atoms with van der Waals surface area (Å²) in [6.07, 6.45) is 1.61. The van der Waals surface area contributed by atoms with E-state index in [1.165, 1.54) is 4.57 Å². The number of benzene rings is 1. The number of pyridine rings is 1. The van der Waals surface area contributed by atoms with E-state index in [2.05, 4.69) is 0 Å². The van der Waals surface area contributed by atoms with Crippen LogP contribution in [0.1, 0.15) is 6.92 Å². The average Bonchev–Trinajstić information content (AvgIpc) is 2.47. The van der Waals surface area contributed by atoms with Crippen molar-refractivity contribution in [1.29, 1.82) is 0 Å². The van der Waals surface area contributed by atoms with E-state index in [9.17, 15) is 9.59 Å². The first-order chi connectivity index (χ1) is 9.72. The van der Waals surface area contributed by atoms with Gasteiger partial charge in [-0.15, -0.1) is 0 Å². The van der Waals surface area contributed by atoms with Gasteiger partial charge >= 0.3 is 5.97 Å². The molecule has 1 heterocycles. The van der Waals surface area contributed by atoms with Crippen LogP contribution in [0.2, 0.25) is 0 Å². The number of ether oxygens (including phenoxy) is 2. The number of esters is 1. The summed E-state index contributed by atoms with van der Waals surface area (Å²) in [6, 6.07) is 9.09. The Bertz CT molecular complexity index is 648. The molecule has 5 heteroatoms. The van der Waals surface area contributed by atoms with Crippen molar-refractivity contribution in [2.75, 3.05) is 19.8 Å². The molecule has 0 atom stereocenters. The molecule has 0 radical (unpaired) electrons. The Morgan fingerprint density at radius 2 is 2.00 bits per heavy atom. The third kappa shape index (κ3) is 3.45. The normalized spacial score (nSPS) is 10.7. The van der Waals surface area contributed by atoms with E-state index in [0.717, 1.165) is 5.39 Å². The second-order valence-corrected chi connectivity index (χ2v) is 4.25. The topological polar surface area (TPSA) is 57.5 Å². The quantitative estimate of drug-likeness (QED) is 0.593. The molecule has 0 aliphatic rings. The molecule has 0 amide bonds. The lowest BCUT2D eigenvalue weighted by atomic mass is 10.2. The van der Waals surface area contributed by atoms with Crippen LogP contribution in [-0.4, -0.2) is 30.4 Å². The Labute approximate surface area is 116 Å². The Hall–Kier alpha value is -2.14. The predicted octanol–water partition coefficient (Wildman–Crippen LogP) is 1.58. The van der Waals surface area contributed by atoms with Crippen molar-refractivity contribution < 1.29 is 14.3 Å². The Morgan fingerprint density at radius 1 is 1.20 bits per heavy atom. The second-order valence-electron chi connectivity index (χ2n) is 4.25. The fourth-order valence-corrected chi connectivity index (χ4v) is 1.90. The van der Waals surface area contributed by atoms with Gasteiger partial charge in [-0.25, -0.2) is 0 Å². The van der Waals surface area contributed by atoms with Gasteiger partial charge in [0, 0.05) is 18.2 Å². The zero-order chi connectivity index (χ0) is 14.4. The fraction of sp³-hybridized carbons (Fsp3) is 0.333. The molecule has 0 saturated carbocycles. The van der Waals surface area contributed by atoms with E-state index < -0.39 is 5.97 Å². The van der Waals surface area contributed by atoms with Crippen LogP contribution in [0.4, 0.5) is 0 Å². The number of carbonyl (C=O) groups is 1. The van der Waals surface area contributed by atoms with Crippen molar-refractivity contribution in [3.63, 3.8) is 0 Å². The predicted molar refractivity (Wildman–Crippen MR) is 75.7 cm³/mol. The summed E-state index contributed by atoms with van der Waals surface area (Å²) in [6.45, 7) is 2.94. The average molecular weight is 275 g/mol. The molecular weight excluding hydrogens is 258 g/mol. The van der Waals surface area contributed by atoms with Crippen molar-refractivity contribution in [3.05, 3.63) is 46.9 Å². The zero-order valence-electron chi connectivity index (χ0n) is 11.4. The highest BCUT2D eigenvalue weighted by molar-refractivity contribution is 5.81. The minimum atomic E-state index is -0.443. The number of rotatable bonds is 6. The van der Waals surface area contributed by atoms with Crippen LogP contribution in [0.25, 0.3) is 10.8 Å². The molecular formula is C15H17NO4.